The fourth-order valence-corrected chi connectivity index (χ4v) is 2.67. The highest BCUT2D eigenvalue weighted by Crippen LogP contribution is 2.16. The van der Waals surface area contributed by atoms with Crippen LogP contribution in [0.5, 0.6) is 0 Å². The van der Waals surface area contributed by atoms with E-state index in [0.717, 1.165) is 10.9 Å². The van der Waals surface area contributed by atoms with Gasteiger partial charge < -0.3 is 5.32 Å². The van der Waals surface area contributed by atoms with Gasteiger partial charge in [0.15, 0.2) is 5.82 Å². The van der Waals surface area contributed by atoms with E-state index in [1.165, 1.54) is 0 Å². The number of carbonyl (C=O) groups is 1. The Morgan fingerprint density at radius 2 is 1.92 bits per heavy atom. The van der Waals surface area contributed by atoms with Crippen molar-refractivity contribution < 1.29 is 4.79 Å². The van der Waals surface area contributed by atoms with Crippen LogP contribution in [0.1, 0.15) is 15.9 Å². The maximum absolute atomic E-state index is 12.6. The Kier molecular flexibility index (Phi) is 3.92. The SMILES string of the molecule is O=C(NCc1ccnc(-n2cccn2)c1)c1cccc2cccnc12. The number of para-hydroxylation sites is 1. The zero-order valence-corrected chi connectivity index (χ0v) is 13.3. The van der Waals surface area contributed by atoms with E-state index >= 15 is 0 Å². The fraction of sp³-hybridized carbons (Fsp3) is 0.0526. The lowest BCUT2D eigenvalue weighted by Gasteiger charge is -2.08. The summed E-state index contributed by atoms with van der Waals surface area (Å²) in [6.07, 6.45) is 6.92. The fourth-order valence-electron chi connectivity index (χ4n) is 2.67. The molecule has 0 fully saturated rings. The molecule has 6 heteroatoms. The summed E-state index contributed by atoms with van der Waals surface area (Å²) in [6.45, 7) is 0.402. The number of nitrogens with zero attached hydrogens (tertiary/aromatic N) is 4. The first kappa shape index (κ1) is 15.0. The van der Waals surface area contributed by atoms with Crippen LogP contribution in [0.25, 0.3) is 16.7 Å². The Morgan fingerprint density at radius 1 is 1.00 bits per heavy atom. The van der Waals surface area contributed by atoms with Crippen molar-refractivity contribution in [2.75, 3.05) is 0 Å². The van der Waals surface area contributed by atoms with Crippen molar-refractivity contribution in [3.8, 4) is 5.82 Å². The second-order valence-electron chi connectivity index (χ2n) is 5.54. The van der Waals surface area contributed by atoms with Crippen LogP contribution in [0.2, 0.25) is 0 Å². The molecule has 0 aliphatic heterocycles. The first-order chi connectivity index (χ1) is 12.3. The molecule has 0 unspecified atom stereocenters. The molecule has 4 rings (SSSR count). The number of rotatable bonds is 4. The Bertz CT molecular complexity index is 1020. The molecule has 1 amide bonds. The van der Waals surface area contributed by atoms with E-state index in [9.17, 15) is 4.79 Å². The topological polar surface area (TPSA) is 72.7 Å². The molecule has 122 valence electrons. The number of nitrogens with one attached hydrogen (secondary N) is 1. The molecule has 1 N–H and O–H groups in total. The molecule has 0 aliphatic rings. The minimum atomic E-state index is -0.151. The van der Waals surface area contributed by atoms with Gasteiger partial charge >= 0.3 is 0 Å². The quantitative estimate of drug-likeness (QED) is 0.625. The molecule has 0 saturated heterocycles. The molecule has 0 spiro atoms. The van der Waals surface area contributed by atoms with Crippen LogP contribution in [0.3, 0.4) is 0 Å². The van der Waals surface area contributed by atoms with E-state index in [2.05, 4.69) is 20.4 Å². The Balaban J connectivity index is 1.53. The third kappa shape index (κ3) is 3.10. The largest absolute Gasteiger partial charge is 0.348 e. The molecule has 0 aliphatic carbocycles. The van der Waals surface area contributed by atoms with Crippen LogP contribution in [-0.4, -0.2) is 25.7 Å². The summed E-state index contributed by atoms with van der Waals surface area (Å²) in [6, 6.07) is 15.0. The summed E-state index contributed by atoms with van der Waals surface area (Å²) in [5.74, 6) is 0.560. The Labute approximate surface area is 144 Å². The normalized spacial score (nSPS) is 10.7. The molecule has 1 aromatic carbocycles. The number of pyridine rings is 2. The van der Waals surface area contributed by atoms with Crippen molar-refractivity contribution in [2.45, 2.75) is 6.54 Å². The van der Waals surface area contributed by atoms with Crippen LogP contribution in [0.15, 0.2) is 73.3 Å². The van der Waals surface area contributed by atoms with Gasteiger partial charge in [-0.2, -0.15) is 5.10 Å². The van der Waals surface area contributed by atoms with Gasteiger partial charge in [0.25, 0.3) is 5.91 Å². The first-order valence-corrected chi connectivity index (χ1v) is 7.88. The van der Waals surface area contributed by atoms with Crippen LogP contribution >= 0.6 is 0 Å². The predicted octanol–water partition coefficient (Wildman–Crippen LogP) is 2.75. The van der Waals surface area contributed by atoms with Gasteiger partial charge in [-0.05, 0) is 35.9 Å². The Morgan fingerprint density at radius 3 is 2.80 bits per heavy atom. The van der Waals surface area contributed by atoms with Crippen molar-refractivity contribution in [1.82, 2.24) is 25.1 Å². The number of hydrogen-bond acceptors (Lipinski definition) is 4. The molecule has 0 atom stereocenters. The number of amides is 1. The summed E-state index contributed by atoms with van der Waals surface area (Å²) >= 11 is 0. The molecule has 0 bridgehead atoms. The van der Waals surface area contributed by atoms with E-state index in [-0.39, 0.29) is 5.91 Å². The second kappa shape index (κ2) is 6.52. The molecule has 25 heavy (non-hydrogen) atoms. The molecule has 4 aromatic rings. The van der Waals surface area contributed by atoms with Crippen LogP contribution in [-0.2, 0) is 6.54 Å². The minimum absolute atomic E-state index is 0.151. The van der Waals surface area contributed by atoms with E-state index in [1.807, 2.05) is 48.7 Å². The van der Waals surface area contributed by atoms with Crippen molar-refractivity contribution in [1.29, 1.82) is 0 Å². The molecule has 3 heterocycles. The van der Waals surface area contributed by atoms with Gasteiger partial charge in [0.05, 0.1) is 11.1 Å². The van der Waals surface area contributed by atoms with Gasteiger partial charge in [0, 0.05) is 36.7 Å². The molecule has 3 aromatic heterocycles. The second-order valence-corrected chi connectivity index (χ2v) is 5.54. The molecular weight excluding hydrogens is 314 g/mol. The summed E-state index contributed by atoms with van der Waals surface area (Å²) in [5.41, 5.74) is 2.22. The zero-order valence-electron chi connectivity index (χ0n) is 13.3. The average Bonchev–Trinajstić information content (AvgIpc) is 3.21. The number of benzene rings is 1. The lowest BCUT2D eigenvalue weighted by molar-refractivity contribution is 0.0952. The van der Waals surface area contributed by atoms with Gasteiger partial charge in [-0.15, -0.1) is 0 Å². The Hall–Kier alpha value is -3.54. The number of carbonyl (C=O) groups excluding carboxylic acids is 1. The monoisotopic (exact) mass is 329 g/mol. The maximum atomic E-state index is 12.6. The van der Waals surface area contributed by atoms with Crippen molar-refractivity contribution in [3.63, 3.8) is 0 Å². The van der Waals surface area contributed by atoms with Crippen molar-refractivity contribution in [3.05, 3.63) is 84.4 Å². The molecule has 0 saturated carbocycles. The van der Waals surface area contributed by atoms with Crippen molar-refractivity contribution in [2.24, 2.45) is 0 Å². The molecule has 0 radical (unpaired) electrons. The van der Waals surface area contributed by atoms with E-state index in [0.29, 0.717) is 23.4 Å². The van der Waals surface area contributed by atoms with Gasteiger partial charge in [0.1, 0.15) is 0 Å². The molecule has 6 nitrogen and oxygen atoms in total. The highest BCUT2D eigenvalue weighted by Gasteiger charge is 2.10. The highest BCUT2D eigenvalue weighted by atomic mass is 16.1. The molecular formula is C19H15N5O. The van der Waals surface area contributed by atoms with Gasteiger partial charge in [-0.1, -0.05) is 18.2 Å². The van der Waals surface area contributed by atoms with Crippen LogP contribution in [0.4, 0.5) is 0 Å². The third-order valence-corrected chi connectivity index (χ3v) is 3.88. The summed E-state index contributed by atoms with van der Waals surface area (Å²) in [4.78, 5) is 21.2. The smallest absolute Gasteiger partial charge is 0.253 e. The van der Waals surface area contributed by atoms with E-state index in [1.54, 1.807) is 29.3 Å². The lowest BCUT2D eigenvalue weighted by atomic mass is 10.1. The summed E-state index contributed by atoms with van der Waals surface area (Å²) < 4.78 is 1.68. The highest BCUT2D eigenvalue weighted by molar-refractivity contribution is 6.05. The van der Waals surface area contributed by atoms with Crippen LogP contribution < -0.4 is 5.32 Å². The third-order valence-electron chi connectivity index (χ3n) is 3.88. The van der Waals surface area contributed by atoms with Crippen molar-refractivity contribution >= 4 is 16.8 Å². The van der Waals surface area contributed by atoms with Gasteiger partial charge in [-0.25, -0.2) is 9.67 Å². The summed E-state index contributed by atoms with van der Waals surface area (Å²) in [7, 11) is 0. The number of fused-ring (bicyclic) bond motifs is 1. The van der Waals surface area contributed by atoms with E-state index < -0.39 is 0 Å². The zero-order chi connectivity index (χ0) is 17.1. The predicted molar refractivity (Wildman–Crippen MR) is 94.3 cm³/mol. The standard InChI is InChI=1S/C19H15N5O/c25-19(16-6-1-4-15-5-2-8-21-18(15)16)22-13-14-7-10-20-17(12-14)24-11-3-9-23-24/h1-12H,13H2,(H,22,25). The van der Waals surface area contributed by atoms with Gasteiger partial charge in [0.2, 0.25) is 0 Å². The first-order valence-electron chi connectivity index (χ1n) is 7.88. The lowest BCUT2D eigenvalue weighted by Crippen LogP contribution is -2.23. The number of hydrogen-bond donors (Lipinski definition) is 1. The number of aromatic nitrogens is 4. The minimum Gasteiger partial charge on any atom is -0.348 e. The average molecular weight is 329 g/mol. The van der Waals surface area contributed by atoms with E-state index in [4.69, 9.17) is 0 Å². The van der Waals surface area contributed by atoms with Crippen LogP contribution in [0, 0.1) is 0 Å². The van der Waals surface area contributed by atoms with Gasteiger partial charge in [-0.3, -0.25) is 9.78 Å². The summed E-state index contributed by atoms with van der Waals surface area (Å²) in [5, 5.41) is 8.05. The maximum Gasteiger partial charge on any atom is 0.253 e.